The van der Waals surface area contributed by atoms with Gasteiger partial charge in [0.2, 0.25) is 5.95 Å². The van der Waals surface area contributed by atoms with Gasteiger partial charge in [-0.25, -0.2) is 14.5 Å². The minimum absolute atomic E-state index is 0.0814. The maximum absolute atomic E-state index is 5.70. The highest BCUT2D eigenvalue weighted by atomic mass is 16.5. The van der Waals surface area contributed by atoms with Gasteiger partial charge in [0.15, 0.2) is 5.65 Å². The third-order valence-corrected chi connectivity index (χ3v) is 4.68. The van der Waals surface area contributed by atoms with Crippen LogP contribution in [0.3, 0.4) is 0 Å². The van der Waals surface area contributed by atoms with Crippen molar-refractivity contribution in [2.24, 2.45) is 0 Å². The van der Waals surface area contributed by atoms with Crippen LogP contribution in [0.5, 0.6) is 0 Å². The van der Waals surface area contributed by atoms with Gasteiger partial charge in [0.25, 0.3) is 0 Å². The number of pyridine rings is 1. The standard InChI is InChI=1S/C17H22N8O/c1-18-17-19-7-6-16(23-17)24-9-13(14(10-24)26-2)20-8-12-4-3-5-15-21-11-22-25(12)15/h3-7,11,13-14,20H,8-10H2,1-2H3,(H,18,19,23)/t13-,14+/m1/s1. The van der Waals surface area contributed by atoms with Gasteiger partial charge in [-0.2, -0.15) is 10.1 Å². The molecule has 1 fully saturated rings. The number of nitrogens with zero attached hydrogens (tertiary/aromatic N) is 6. The molecule has 2 atom stereocenters. The zero-order chi connectivity index (χ0) is 17.9. The first-order valence-electron chi connectivity index (χ1n) is 8.58. The average Bonchev–Trinajstić information content (AvgIpc) is 3.33. The molecular formula is C17H22N8O. The van der Waals surface area contributed by atoms with Crippen molar-refractivity contribution in [1.29, 1.82) is 0 Å². The number of methoxy groups -OCH3 is 1. The Bertz CT molecular complexity index is 882. The molecule has 3 aromatic heterocycles. The molecule has 1 saturated heterocycles. The summed E-state index contributed by atoms with van der Waals surface area (Å²) in [5, 5.41) is 10.9. The Balaban J connectivity index is 1.47. The van der Waals surface area contributed by atoms with E-state index in [-0.39, 0.29) is 12.1 Å². The highest BCUT2D eigenvalue weighted by Crippen LogP contribution is 2.21. The molecule has 0 saturated carbocycles. The van der Waals surface area contributed by atoms with Crippen LogP contribution in [-0.4, -0.2) is 64.0 Å². The van der Waals surface area contributed by atoms with Crippen LogP contribution >= 0.6 is 0 Å². The van der Waals surface area contributed by atoms with Crippen molar-refractivity contribution in [3.05, 3.63) is 42.5 Å². The van der Waals surface area contributed by atoms with Crippen molar-refractivity contribution < 1.29 is 4.74 Å². The molecule has 0 aliphatic carbocycles. The van der Waals surface area contributed by atoms with Crippen LogP contribution in [0, 0.1) is 0 Å². The second kappa shape index (κ2) is 7.22. The third-order valence-electron chi connectivity index (χ3n) is 4.68. The van der Waals surface area contributed by atoms with Gasteiger partial charge in [0, 0.05) is 40.0 Å². The molecule has 2 N–H and O–H groups in total. The van der Waals surface area contributed by atoms with E-state index >= 15 is 0 Å². The average molecular weight is 354 g/mol. The summed E-state index contributed by atoms with van der Waals surface area (Å²) in [6.45, 7) is 2.28. The molecule has 26 heavy (non-hydrogen) atoms. The summed E-state index contributed by atoms with van der Waals surface area (Å²) < 4.78 is 7.55. The Morgan fingerprint density at radius 1 is 1.23 bits per heavy atom. The molecule has 0 unspecified atom stereocenters. The van der Waals surface area contributed by atoms with E-state index in [1.165, 1.54) is 0 Å². The number of aromatic nitrogens is 5. The Hall–Kier alpha value is -2.78. The normalized spacial score (nSPS) is 20.0. The van der Waals surface area contributed by atoms with Gasteiger partial charge in [-0.15, -0.1) is 0 Å². The topological polar surface area (TPSA) is 92.5 Å². The van der Waals surface area contributed by atoms with Gasteiger partial charge < -0.3 is 20.3 Å². The molecule has 4 rings (SSSR count). The first-order valence-corrected chi connectivity index (χ1v) is 8.58. The van der Waals surface area contributed by atoms with E-state index in [0.717, 1.165) is 30.2 Å². The van der Waals surface area contributed by atoms with Gasteiger partial charge in [0.1, 0.15) is 12.1 Å². The molecule has 9 nitrogen and oxygen atoms in total. The van der Waals surface area contributed by atoms with E-state index < -0.39 is 0 Å². The Labute approximate surface area is 151 Å². The fourth-order valence-electron chi connectivity index (χ4n) is 3.31. The molecule has 0 aromatic carbocycles. The largest absolute Gasteiger partial charge is 0.378 e. The lowest BCUT2D eigenvalue weighted by atomic mass is 10.2. The summed E-state index contributed by atoms with van der Waals surface area (Å²) in [5.41, 5.74) is 1.91. The van der Waals surface area contributed by atoms with Gasteiger partial charge in [-0.05, 0) is 18.2 Å². The summed E-state index contributed by atoms with van der Waals surface area (Å²) in [7, 11) is 3.57. The fourth-order valence-corrected chi connectivity index (χ4v) is 3.31. The van der Waals surface area contributed by atoms with Crippen molar-refractivity contribution in [3.63, 3.8) is 0 Å². The smallest absolute Gasteiger partial charge is 0.224 e. The maximum atomic E-state index is 5.70. The van der Waals surface area contributed by atoms with Crippen LogP contribution in [0.1, 0.15) is 5.69 Å². The van der Waals surface area contributed by atoms with Crippen LogP contribution in [0.2, 0.25) is 0 Å². The van der Waals surface area contributed by atoms with Crippen molar-refractivity contribution in [3.8, 4) is 0 Å². The SMILES string of the molecule is CNc1nccc(N2C[C@H](OC)[C@H](NCc3cccc4ncnn34)C2)n1. The van der Waals surface area contributed by atoms with Crippen LogP contribution in [-0.2, 0) is 11.3 Å². The quantitative estimate of drug-likeness (QED) is 0.663. The molecule has 1 aliphatic rings. The molecule has 0 radical (unpaired) electrons. The number of hydrogen-bond donors (Lipinski definition) is 2. The Kier molecular flexibility index (Phi) is 4.63. The molecule has 1 aliphatic heterocycles. The first kappa shape index (κ1) is 16.7. The van der Waals surface area contributed by atoms with Crippen molar-refractivity contribution in [2.45, 2.75) is 18.7 Å². The summed E-state index contributed by atoms with van der Waals surface area (Å²) in [5.74, 6) is 1.51. The van der Waals surface area contributed by atoms with E-state index in [2.05, 4.69) is 35.6 Å². The summed E-state index contributed by atoms with van der Waals surface area (Å²) >= 11 is 0. The van der Waals surface area contributed by atoms with E-state index in [9.17, 15) is 0 Å². The zero-order valence-electron chi connectivity index (χ0n) is 14.8. The molecular weight excluding hydrogens is 332 g/mol. The van der Waals surface area contributed by atoms with E-state index in [4.69, 9.17) is 4.74 Å². The zero-order valence-corrected chi connectivity index (χ0v) is 14.8. The number of anilines is 2. The highest BCUT2D eigenvalue weighted by molar-refractivity contribution is 5.44. The summed E-state index contributed by atoms with van der Waals surface area (Å²) in [6, 6.07) is 8.10. The molecule has 4 heterocycles. The van der Waals surface area contributed by atoms with E-state index in [0.29, 0.717) is 12.5 Å². The molecule has 136 valence electrons. The Morgan fingerprint density at radius 2 is 2.15 bits per heavy atom. The lowest BCUT2D eigenvalue weighted by Gasteiger charge is -2.18. The second-order valence-electron chi connectivity index (χ2n) is 6.20. The van der Waals surface area contributed by atoms with Crippen LogP contribution < -0.4 is 15.5 Å². The minimum atomic E-state index is 0.0814. The minimum Gasteiger partial charge on any atom is -0.378 e. The van der Waals surface area contributed by atoms with E-state index in [1.54, 1.807) is 19.6 Å². The lowest BCUT2D eigenvalue weighted by molar-refractivity contribution is 0.0965. The van der Waals surface area contributed by atoms with Gasteiger partial charge >= 0.3 is 0 Å². The van der Waals surface area contributed by atoms with E-state index in [1.807, 2.05) is 35.8 Å². The molecule has 0 amide bonds. The van der Waals surface area contributed by atoms with Crippen molar-refractivity contribution in [1.82, 2.24) is 29.9 Å². The summed E-state index contributed by atoms with van der Waals surface area (Å²) in [6.07, 6.45) is 3.42. The third kappa shape index (κ3) is 3.18. The molecule has 0 spiro atoms. The maximum Gasteiger partial charge on any atom is 0.224 e. The highest BCUT2D eigenvalue weighted by Gasteiger charge is 2.33. The van der Waals surface area contributed by atoms with Gasteiger partial charge in [-0.3, -0.25) is 0 Å². The van der Waals surface area contributed by atoms with Crippen molar-refractivity contribution in [2.75, 3.05) is 37.5 Å². The fraction of sp³-hybridized carbons (Fsp3) is 0.412. The van der Waals surface area contributed by atoms with Crippen molar-refractivity contribution >= 4 is 17.4 Å². The molecule has 3 aromatic rings. The second-order valence-corrected chi connectivity index (χ2v) is 6.20. The van der Waals surface area contributed by atoms with Crippen LogP contribution in [0.15, 0.2) is 36.8 Å². The number of fused-ring (bicyclic) bond motifs is 1. The molecule has 0 bridgehead atoms. The number of ether oxygens (including phenoxy) is 1. The van der Waals surface area contributed by atoms with Crippen LogP contribution in [0.25, 0.3) is 5.65 Å². The molecule has 9 heteroatoms. The predicted molar refractivity (Wildman–Crippen MR) is 98.2 cm³/mol. The van der Waals surface area contributed by atoms with Gasteiger partial charge in [-0.1, -0.05) is 6.07 Å². The first-order chi connectivity index (χ1) is 12.8. The predicted octanol–water partition coefficient (Wildman–Crippen LogP) is 0.554. The van der Waals surface area contributed by atoms with Gasteiger partial charge in [0.05, 0.1) is 17.8 Å². The number of hydrogen-bond acceptors (Lipinski definition) is 8. The number of rotatable bonds is 6. The monoisotopic (exact) mass is 354 g/mol. The lowest BCUT2D eigenvalue weighted by Crippen LogP contribution is -2.40. The Morgan fingerprint density at radius 3 is 3.00 bits per heavy atom. The van der Waals surface area contributed by atoms with Crippen LogP contribution in [0.4, 0.5) is 11.8 Å². The summed E-state index contributed by atoms with van der Waals surface area (Å²) in [4.78, 5) is 15.1. The number of nitrogens with one attached hydrogen (secondary N) is 2.